The fourth-order valence-corrected chi connectivity index (χ4v) is 7.12. The molecule has 0 bridgehead atoms. The molecule has 4 aliphatic heterocycles. The summed E-state index contributed by atoms with van der Waals surface area (Å²) < 4.78 is 45.2. The fourth-order valence-electron chi connectivity index (χ4n) is 7.12. The maximum Gasteiger partial charge on any atom is 0.330 e. The number of ether oxygens (including phenoxy) is 7. The summed E-state index contributed by atoms with van der Waals surface area (Å²) >= 11 is 0. The summed E-state index contributed by atoms with van der Waals surface area (Å²) in [5.74, 6) is -2.65. The van der Waals surface area contributed by atoms with Crippen LogP contribution in [0.3, 0.4) is 0 Å². The van der Waals surface area contributed by atoms with Gasteiger partial charge >= 0.3 is 5.97 Å². The average Bonchev–Trinajstić information content (AvgIpc) is 3.29. The molecular weight excluding hydrogens is 872 g/mol. The molecule has 4 heterocycles. The highest BCUT2D eigenvalue weighted by Crippen LogP contribution is 2.43. The lowest BCUT2D eigenvalue weighted by Gasteiger charge is -2.40. The molecule has 0 unspecified atom stereocenters. The molecule has 0 aromatic heterocycles. The van der Waals surface area contributed by atoms with Gasteiger partial charge in [-0.3, -0.25) is 4.79 Å². The van der Waals surface area contributed by atoms with Crippen LogP contribution in [0.15, 0.2) is 76.0 Å². The van der Waals surface area contributed by atoms with Gasteiger partial charge in [0.15, 0.2) is 28.4 Å². The third-order valence-electron chi connectivity index (χ3n) is 10.8. The maximum absolute atomic E-state index is 12.8. The Bertz CT molecular complexity index is 2310. The number of aromatic hydroxyl groups is 2. The third-order valence-corrected chi connectivity index (χ3v) is 10.8. The largest absolute Gasteiger partial charge is 0.508 e. The first-order chi connectivity index (χ1) is 31.0. The molecule has 352 valence electrons. The predicted molar refractivity (Wildman–Crippen MR) is 213 cm³/mol. The number of phenols is 2. The number of aliphatic hydroxyl groups excluding tert-OH is 11. The Hall–Kier alpha value is -5.48. The van der Waals surface area contributed by atoms with E-state index in [4.69, 9.17) is 37.6 Å². The van der Waals surface area contributed by atoms with Crippen molar-refractivity contribution in [2.24, 2.45) is 0 Å². The highest BCUT2D eigenvalue weighted by Gasteiger charge is 2.48. The number of rotatable bonds is 13. The average molecular weight is 919 g/mol. The first-order valence-corrected chi connectivity index (χ1v) is 19.9. The lowest BCUT2D eigenvalue weighted by atomic mass is 9.99. The highest BCUT2D eigenvalue weighted by molar-refractivity contribution is 5.87. The quantitative estimate of drug-likeness (QED) is 0.0460. The number of hydrogen-bond donors (Lipinski definition) is 13. The maximum atomic E-state index is 12.8. The van der Waals surface area contributed by atoms with Gasteiger partial charge < -0.3 is 104 Å². The number of aliphatic hydroxyl groups is 11. The van der Waals surface area contributed by atoms with Gasteiger partial charge in [0.05, 0.1) is 18.8 Å². The van der Waals surface area contributed by atoms with Gasteiger partial charge in [0.1, 0.15) is 97.1 Å². The van der Waals surface area contributed by atoms with Gasteiger partial charge in [-0.25, -0.2) is 4.79 Å². The van der Waals surface area contributed by atoms with E-state index in [9.17, 15) is 76.0 Å². The number of fused-ring (bicyclic) bond motifs is 1. The van der Waals surface area contributed by atoms with Crippen molar-refractivity contribution in [2.75, 3.05) is 19.8 Å². The molecule has 0 radical (unpaired) electrons. The molecule has 15 atom stereocenters. The van der Waals surface area contributed by atoms with Crippen molar-refractivity contribution in [1.29, 1.82) is 0 Å². The minimum Gasteiger partial charge on any atom is -0.508 e. The van der Waals surface area contributed by atoms with E-state index in [-0.39, 0.29) is 51.2 Å². The van der Waals surface area contributed by atoms with Gasteiger partial charge in [0.2, 0.25) is 18.9 Å². The number of carbonyl (C=O) groups excluding carboxylic acids is 1. The normalized spacial score (nSPS) is 32.9. The zero-order valence-corrected chi connectivity index (χ0v) is 33.6. The van der Waals surface area contributed by atoms with Crippen LogP contribution in [-0.4, -0.2) is 184 Å². The second-order valence-electron chi connectivity index (χ2n) is 15.3. The Morgan fingerprint density at radius 3 is 1.68 bits per heavy atom. The molecule has 0 spiro atoms. The van der Waals surface area contributed by atoms with Crippen molar-refractivity contribution >= 4 is 12.0 Å². The van der Waals surface area contributed by atoms with Gasteiger partial charge in [0, 0.05) is 23.8 Å². The molecule has 3 fully saturated rings. The first-order valence-electron chi connectivity index (χ1n) is 19.9. The van der Waals surface area contributed by atoms with Crippen molar-refractivity contribution in [3.63, 3.8) is 0 Å². The van der Waals surface area contributed by atoms with Crippen LogP contribution in [-0.2, 0) is 23.7 Å². The fraction of sp³-hybridized carbons (Fsp3) is 0.429. The van der Waals surface area contributed by atoms with Crippen molar-refractivity contribution in [3.05, 3.63) is 82.5 Å². The lowest BCUT2D eigenvalue weighted by Crippen LogP contribution is -2.60. The molecule has 5 aliphatic rings. The summed E-state index contributed by atoms with van der Waals surface area (Å²) in [5.41, 5.74) is -0.200. The van der Waals surface area contributed by atoms with E-state index in [0.29, 0.717) is 0 Å². The number of esters is 1. The zero-order valence-electron chi connectivity index (χ0n) is 33.6. The molecule has 7 rings (SSSR count). The van der Waals surface area contributed by atoms with E-state index in [1.165, 1.54) is 54.6 Å². The van der Waals surface area contributed by atoms with E-state index in [1.807, 2.05) is 0 Å². The number of benzene rings is 3. The minimum atomic E-state index is -1.96. The topological polar surface area (TPSA) is 375 Å². The van der Waals surface area contributed by atoms with Crippen LogP contribution in [0.4, 0.5) is 0 Å². The number of phenolic OH excluding ortho intramolecular Hbond substituents is 2. The monoisotopic (exact) mass is 918 g/mol. The molecule has 2 aromatic rings. The molecular formula is C42H46O23. The predicted octanol–water partition coefficient (Wildman–Crippen LogP) is -3.38. The van der Waals surface area contributed by atoms with Crippen LogP contribution in [0.5, 0.6) is 28.7 Å². The lowest BCUT2D eigenvalue weighted by molar-refractivity contribution is -0.278. The highest BCUT2D eigenvalue weighted by atomic mass is 16.7. The SMILES string of the molecule is O=C(C=Cc1ccc(O)c(O[C@@H]2O[C@H](CO)[C@@H](O)[C@H](O)[C@H]2O)c1)OC[C@H]1O[C@@H](Oc2cc3c(O[C@@H]4O[C@H](CO)[C@@H](O)[C@H](O)[C@H]4O)cc(=O)cc-3oc2-c2ccc(O)cc2)[C@H](O)[C@@H](O)[C@@H]1O. The van der Waals surface area contributed by atoms with Crippen LogP contribution in [0.2, 0.25) is 0 Å². The smallest absolute Gasteiger partial charge is 0.330 e. The summed E-state index contributed by atoms with van der Waals surface area (Å²) in [6.45, 7) is -2.21. The van der Waals surface area contributed by atoms with Gasteiger partial charge in [-0.1, -0.05) is 6.07 Å². The van der Waals surface area contributed by atoms with E-state index < -0.39 is 129 Å². The van der Waals surface area contributed by atoms with Gasteiger partial charge in [-0.05, 0) is 54.1 Å². The zero-order chi connectivity index (χ0) is 46.9. The minimum absolute atomic E-state index is 0.0246. The Balaban J connectivity index is 1.09. The summed E-state index contributed by atoms with van der Waals surface area (Å²) in [7, 11) is 0. The van der Waals surface area contributed by atoms with Crippen molar-refractivity contribution in [3.8, 4) is 51.4 Å². The van der Waals surface area contributed by atoms with Crippen molar-refractivity contribution < 1.29 is 109 Å². The van der Waals surface area contributed by atoms with Crippen LogP contribution < -0.4 is 19.6 Å². The number of carbonyl (C=O) groups is 1. The Morgan fingerprint density at radius 1 is 0.585 bits per heavy atom. The third kappa shape index (κ3) is 10.2. The van der Waals surface area contributed by atoms with Crippen LogP contribution in [0.1, 0.15) is 5.56 Å². The molecule has 13 N–H and O–H groups in total. The van der Waals surface area contributed by atoms with E-state index in [0.717, 1.165) is 18.2 Å². The van der Waals surface area contributed by atoms with Gasteiger partial charge in [-0.15, -0.1) is 0 Å². The van der Waals surface area contributed by atoms with Crippen LogP contribution in [0.25, 0.3) is 28.7 Å². The molecule has 65 heavy (non-hydrogen) atoms. The summed E-state index contributed by atoms with van der Waals surface area (Å²) in [4.78, 5) is 25.7. The van der Waals surface area contributed by atoms with E-state index in [1.54, 1.807) is 0 Å². The Morgan fingerprint density at radius 2 is 1.11 bits per heavy atom. The summed E-state index contributed by atoms with van der Waals surface area (Å²) in [5, 5.41) is 134. The van der Waals surface area contributed by atoms with Crippen LogP contribution in [0, 0.1) is 0 Å². The number of hydrogen-bond acceptors (Lipinski definition) is 23. The molecule has 1 aliphatic carbocycles. The van der Waals surface area contributed by atoms with E-state index >= 15 is 0 Å². The molecule has 3 saturated heterocycles. The van der Waals surface area contributed by atoms with Crippen LogP contribution >= 0.6 is 0 Å². The summed E-state index contributed by atoms with van der Waals surface area (Å²) in [6, 6.07) is 12.5. The second kappa shape index (κ2) is 19.9. The van der Waals surface area contributed by atoms with Crippen molar-refractivity contribution in [2.45, 2.75) is 92.1 Å². The molecule has 2 aromatic carbocycles. The van der Waals surface area contributed by atoms with Gasteiger partial charge in [-0.2, -0.15) is 0 Å². The standard InChI is InChI=1S/C42H46O23/c43-13-26-30(49)33(52)36(55)40(63-26)60-23-11-19(46)10-22-20(23)12-25(39(59-22)17-3-5-18(45)6-4-17)62-42-38(57)35(54)32(51)28(65-42)15-58-29(48)8-2-16-1-7-21(47)24(9-16)61-41-37(56)34(53)31(50)27(14-44)64-41/h1-12,26-28,30-38,40-45,47,49-57H,13-15H2/t26-,27-,28-,30-,31-,32-,33+,34+,35+,36-,37-,38-,40-,41-,42-/m1/s1. The molecule has 23 nitrogen and oxygen atoms in total. The Kier molecular flexibility index (Phi) is 14.6. The molecule has 23 heteroatoms. The summed E-state index contributed by atoms with van der Waals surface area (Å²) in [6.07, 6.45) is -23.5. The molecule has 0 amide bonds. The van der Waals surface area contributed by atoms with Gasteiger partial charge in [0.25, 0.3) is 0 Å². The van der Waals surface area contributed by atoms with Crippen molar-refractivity contribution in [1.82, 2.24) is 0 Å². The molecule has 0 saturated carbocycles. The van der Waals surface area contributed by atoms with E-state index in [2.05, 4.69) is 0 Å². The first kappa shape index (κ1) is 47.5. The second-order valence-corrected chi connectivity index (χ2v) is 15.3. The Labute approximate surface area is 366 Å².